The van der Waals surface area contributed by atoms with E-state index in [-0.39, 0.29) is 11.9 Å². The van der Waals surface area contributed by atoms with E-state index in [0.29, 0.717) is 0 Å². The van der Waals surface area contributed by atoms with Crippen molar-refractivity contribution in [3.63, 3.8) is 0 Å². The molecule has 0 radical (unpaired) electrons. The van der Waals surface area contributed by atoms with Gasteiger partial charge in [-0.1, -0.05) is 72.8 Å². The number of hydrazone groups is 1. The molecule has 3 heteroatoms. The van der Waals surface area contributed by atoms with Gasteiger partial charge < -0.3 is 0 Å². The van der Waals surface area contributed by atoms with Gasteiger partial charge in [-0.15, -0.1) is 0 Å². The molecule has 1 atom stereocenters. The van der Waals surface area contributed by atoms with Gasteiger partial charge in [0.25, 0.3) is 0 Å². The summed E-state index contributed by atoms with van der Waals surface area (Å²) in [5.74, 6) is -0.0337. The van der Waals surface area contributed by atoms with Gasteiger partial charge in [-0.2, -0.15) is 5.10 Å². The van der Waals surface area contributed by atoms with Crippen LogP contribution in [0.25, 0.3) is 6.08 Å². The molecule has 110 valence electrons. The summed E-state index contributed by atoms with van der Waals surface area (Å²) in [7, 11) is 0. The average Bonchev–Trinajstić information content (AvgIpc) is 2.99. The minimum atomic E-state index is -0.0337. The highest BCUT2D eigenvalue weighted by Gasteiger charge is 2.27. The van der Waals surface area contributed by atoms with E-state index in [9.17, 15) is 4.79 Å². The first-order valence-electron chi connectivity index (χ1n) is 7.40. The van der Waals surface area contributed by atoms with Crippen LogP contribution in [0, 0.1) is 0 Å². The quantitative estimate of drug-likeness (QED) is 0.848. The molecule has 2 aromatic rings. The third-order valence-electron chi connectivity index (χ3n) is 3.69. The van der Waals surface area contributed by atoms with Gasteiger partial charge in [-0.3, -0.25) is 4.79 Å². The molecular formula is C19H18N2O. The van der Waals surface area contributed by atoms with Crippen LogP contribution in [-0.2, 0) is 4.79 Å². The van der Waals surface area contributed by atoms with Crippen molar-refractivity contribution in [3.05, 3.63) is 77.9 Å². The van der Waals surface area contributed by atoms with Crippen LogP contribution in [0.15, 0.2) is 71.8 Å². The fourth-order valence-corrected chi connectivity index (χ4v) is 2.58. The standard InChI is InChI=1S/C19H18N2O/c1-15(22)21-18(13-12-16-8-4-2-5-9-16)14-19(20-21)17-10-6-3-7-11-17/h2-13,18H,14H2,1H3/b13-12+/t18-/m0/s1. The van der Waals surface area contributed by atoms with Crippen molar-refractivity contribution in [1.29, 1.82) is 0 Å². The van der Waals surface area contributed by atoms with Crippen LogP contribution in [0.4, 0.5) is 0 Å². The first-order valence-corrected chi connectivity index (χ1v) is 7.40. The summed E-state index contributed by atoms with van der Waals surface area (Å²) in [6.45, 7) is 1.56. The summed E-state index contributed by atoms with van der Waals surface area (Å²) in [6.07, 6.45) is 4.84. The second-order valence-corrected chi connectivity index (χ2v) is 5.32. The number of nitrogens with zero attached hydrogens (tertiary/aromatic N) is 2. The minimum absolute atomic E-state index is 0.0205. The summed E-state index contributed by atoms with van der Waals surface area (Å²) in [4.78, 5) is 11.8. The first kappa shape index (κ1) is 14.3. The molecule has 0 saturated carbocycles. The van der Waals surface area contributed by atoms with E-state index >= 15 is 0 Å². The third kappa shape index (κ3) is 3.14. The predicted octanol–water partition coefficient (Wildman–Crippen LogP) is 3.72. The minimum Gasteiger partial charge on any atom is -0.273 e. The maximum Gasteiger partial charge on any atom is 0.240 e. The van der Waals surface area contributed by atoms with Gasteiger partial charge in [0.05, 0.1) is 11.8 Å². The Morgan fingerprint density at radius 2 is 1.73 bits per heavy atom. The fourth-order valence-electron chi connectivity index (χ4n) is 2.58. The number of amides is 1. The zero-order valence-electron chi connectivity index (χ0n) is 12.5. The Morgan fingerprint density at radius 3 is 2.36 bits per heavy atom. The third-order valence-corrected chi connectivity index (χ3v) is 3.69. The molecule has 1 heterocycles. The van der Waals surface area contributed by atoms with Crippen LogP contribution in [0.5, 0.6) is 0 Å². The van der Waals surface area contributed by atoms with Crippen LogP contribution >= 0.6 is 0 Å². The van der Waals surface area contributed by atoms with Crippen molar-refractivity contribution in [1.82, 2.24) is 5.01 Å². The summed E-state index contributed by atoms with van der Waals surface area (Å²) in [5.41, 5.74) is 3.15. The molecule has 1 amide bonds. The fraction of sp³-hybridized carbons (Fsp3) is 0.158. The molecule has 0 aliphatic carbocycles. The normalized spacial score (nSPS) is 17.8. The second kappa shape index (κ2) is 6.39. The topological polar surface area (TPSA) is 32.7 Å². The van der Waals surface area contributed by atoms with Gasteiger partial charge in [0, 0.05) is 13.3 Å². The average molecular weight is 290 g/mol. The molecule has 0 fully saturated rings. The smallest absolute Gasteiger partial charge is 0.240 e. The van der Waals surface area contributed by atoms with Crippen LogP contribution in [0.2, 0.25) is 0 Å². The van der Waals surface area contributed by atoms with Crippen LogP contribution in [0.1, 0.15) is 24.5 Å². The van der Waals surface area contributed by atoms with E-state index in [1.807, 2.05) is 66.7 Å². The molecule has 3 nitrogen and oxygen atoms in total. The Kier molecular flexibility index (Phi) is 4.15. The number of rotatable bonds is 3. The van der Waals surface area contributed by atoms with Gasteiger partial charge in [-0.05, 0) is 11.1 Å². The molecule has 0 bridgehead atoms. The maximum atomic E-state index is 11.8. The van der Waals surface area contributed by atoms with Crippen LogP contribution in [0.3, 0.4) is 0 Å². The molecule has 0 N–H and O–H groups in total. The molecule has 22 heavy (non-hydrogen) atoms. The zero-order chi connectivity index (χ0) is 15.4. The molecule has 0 spiro atoms. The summed E-state index contributed by atoms with van der Waals surface area (Å²) >= 11 is 0. The van der Waals surface area contributed by atoms with Crippen LogP contribution in [-0.4, -0.2) is 22.7 Å². The van der Waals surface area contributed by atoms with E-state index in [1.54, 1.807) is 11.9 Å². The predicted molar refractivity (Wildman–Crippen MR) is 89.4 cm³/mol. The highest BCUT2D eigenvalue weighted by molar-refractivity contribution is 6.03. The number of carbonyl (C=O) groups is 1. The lowest BCUT2D eigenvalue weighted by Gasteiger charge is -2.16. The molecular weight excluding hydrogens is 272 g/mol. The van der Waals surface area contributed by atoms with Gasteiger partial charge in [0.1, 0.15) is 0 Å². The van der Waals surface area contributed by atoms with Crippen molar-refractivity contribution < 1.29 is 4.79 Å². The maximum absolute atomic E-state index is 11.8. The Bertz CT molecular complexity index is 705. The van der Waals surface area contributed by atoms with E-state index < -0.39 is 0 Å². The Labute approximate surface area is 130 Å². The molecule has 0 unspecified atom stereocenters. The molecule has 3 rings (SSSR count). The Morgan fingerprint density at radius 1 is 1.09 bits per heavy atom. The number of hydrogen-bond donors (Lipinski definition) is 0. The zero-order valence-corrected chi connectivity index (χ0v) is 12.5. The number of hydrogen-bond acceptors (Lipinski definition) is 2. The van der Waals surface area contributed by atoms with Gasteiger partial charge in [0.2, 0.25) is 5.91 Å². The summed E-state index contributed by atoms with van der Waals surface area (Å²) in [6, 6.07) is 20.1. The largest absolute Gasteiger partial charge is 0.273 e. The highest BCUT2D eigenvalue weighted by atomic mass is 16.2. The molecule has 1 aliphatic rings. The van der Waals surface area contributed by atoms with E-state index in [1.165, 1.54) is 0 Å². The van der Waals surface area contributed by atoms with Gasteiger partial charge in [-0.25, -0.2) is 5.01 Å². The van der Waals surface area contributed by atoms with Crippen molar-refractivity contribution in [3.8, 4) is 0 Å². The first-order chi connectivity index (χ1) is 10.7. The lowest BCUT2D eigenvalue weighted by molar-refractivity contribution is -0.129. The molecule has 2 aromatic carbocycles. The lowest BCUT2D eigenvalue weighted by Crippen LogP contribution is -2.29. The lowest BCUT2D eigenvalue weighted by atomic mass is 10.0. The van der Waals surface area contributed by atoms with Gasteiger partial charge in [0.15, 0.2) is 0 Å². The second-order valence-electron chi connectivity index (χ2n) is 5.32. The highest BCUT2D eigenvalue weighted by Crippen LogP contribution is 2.22. The molecule has 1 aliphatic heterocycles. The summed E-state index contributed by atoms with van der Waals surface area (Å²) < 4.78 is 0. The van der Waals surface area contributed by atoms with E-state index in [0.717, 1.165) is 23.3 Å². The van der Waals surface area contributed by atoms with E-state index in [2.05, 4.69) is 11.2 Å². The molecule has 0 saturated heterocycles. The van der Waals surface area contributed by atoms with Crippen molar-refractivity contribution in [2.24, 2.45) is 5.10 Å². The Balaban J connectivity index is 1.81. The molecule has 0 aromatic heterocycles. The van der Waals surface area contributed by atoms with Crippen molar-refractivity contribution in [2.45, 2.75) is 19.4 Å². The summed E-state index contributed by atoms with van der Waals surface area (Å²) in [5, 5.41) is 6.07. The monoisotopic (exact) mass is 290 g/mol. The Hall–Kier alpha value is -2.68. The van der Waals surface area contributed by atoms with E-state index in [4.69, 9.17) is 0 Å². The van der Waals surface area contributed by atoms with Crippen LogP contribution < -0.4 is 0 Å². The van der Waals surface area contributed by atoms with Crippen molar-refractivity contribution in [2.75, 3.05) is 0 Å². The van der Waals surface area contributed by atoms with Gasteiger partial charge >= 0.3 is 0 Å². The SMILES string of the molecule is CC(=O)N1N=C(c2ccccc2)C[C@@H]1/C=C/c1ccccc1. The van der Waals surface area contributed by atoms with Crippen molar-refractivity contribution >= 4 is 17.7 Å². The number of carbonyl (C=O) groups excluding carboxylic acids is 1. The number of benzene rings is 2.